The predicted molar refractivity (Wildman–Crippen MR) is 147 cm³/mol. The molecule has 1 atom stereocenters. The third-order valence-electron chi connectivity index (χ3n) is 6.94. The molecule has 1 unspecified atom stereocenters. The van der Waals surface area contributed by atoms with Crippen molar-refractivity contribution >= 4 is 5.91 Å². The fourth-order valence-electron chi connectivity index (χ4n) is 4.98. The summed E-state index contributed by atoms with van der Waals surface area (Å²) in [5.41, 5.74) is 5.27. The van der Waals surface area contributed by atoms with Crippen molar-refractivity contribution in [3.05, 3.63) is 95.2 Å². The molecule has 1 aliphatic rings. The van der Waals surface area contributed by atoms with Crippen LogP contribution in [0, 0.1) is 0 Å². The molecule has 0 spiro atoms. The highest BCUT2D eigenvalue weighted by molar-refractivity contribution is 6.00. The van der Waals surface area contributed by atoms with Crippen LogP contribution in [0.1, 0.15) is 53.0 Å². The molecule has 1 amide bonds. The Bertz CT molecular complexity index is 1400. The van der Waals surface area contributed by atoms with Crippen molar-refractivity contribution < 1.29 is 19.0 Å². The van der Waals surface area contributed by atoms with Crippen LogP contribution in [0.15, 0.2) is 72.8 Å². The van der Waals surface area contributed by atoms with Gasteiger partial charge in [0.25, 0.3) is 5.91 Å². The van der Waals surface area contributed by atoms with Crippen molar-refractivity contribution in [2.75, 3.05) is 27.4 Å². The first-order valence-electron chi connectivity index (χ1n) is 13.0. The van der Waals surface area contributed by atoms with E-state index in [0.717, 1.165) is 46.5 Å². The minimum atomic E-state index is -0.290. The predicted octanol–water partition coefficient (Wildman–Crippen LogP) is 6.06. The molecule has 0 aliphatic carbocycles. The summed E-state index contributed by atoms with van der Waals surface area (Å²) in [6, 6.07) is 23.6. The quantitative estimate of drug-likeness (QED) is 0.248. The number of benzene rings is 3. The molecule has 1 aromatic heterocycles. The molecule has 1 aliphatic heterocycles. The first kappa shape index (κ1) is 25.4. The summed E-state index contributed by atoms with van der Waals surface area (Å²) in [6.45, 7) is 3.33. The van der Waals surface area contributed by atoms with Crippen molar-refractivity contribution in [3.8, 4) is 28.5 Å². The largest absolute Gasteiger partial charge is 0.494 e. The van der Waals surface area contributed by atoms with Gasteiger partial charge in [0.1, 0.15) is 11.4 Å². The number of hydrogen-bond donors (Lipinski definition) is 1. The average molecular weight is 512 g/mol. The van der Waals surface area contributed by atoms with Crippen LogP contribution in [-0.4, -0.2) is 48.4 Å². The molecule has 5 rings (SSSR count). The van der Waals surface area contributed by atoms with Gasteiger partial charge in [0, 0.05) is 17.7 Å². The van der Waals surface area contributed by atoms with Gasteiger partial charge in [-0.25, -0.2) is 0 Å². The standard InChI is InChI=1S/C31H33N3O4/c1-4-5-18-38-24-13-9-12-23(20-24)30-27-28(22-10-7-6-8-11-22)32-33-29(27)31(35)34(30)17-16-21-14-15-25(36-2)26(19-21)37-3/h6-15,19-20,30H,4-5,16-18H2,1-3H3,(H,32,33). The third-order valence-corrected chi connectivity index (χ3v) is 6.94. The first-order valence-corrected chi connectivity index (χ1v) is 13.0. The van der Waals surface area contributed by atoms with E-state index in [4.69, 9.17) is 14.2 Å². The number of nitrogens with one attached hydrogen (secondary N) is 1. The Balaban J connectivity index is 1.51. The number of hydrogen-bond acceptors (Lipinski definition) is 5. The monoisotopic (exact) mass is 511 g/mol. The zero-order valence-electron chi connectivity index (χ0n) is 22.1. The fourth-order valence-corrected chi connectivity index (χ4v) is 4.98. The van der Waals surface area contributed by atoms with Gasteiger partial charge >= 0.3 is 0 Å². The number of amides is 1. The smallest absolute Gasteiger partial charge is 0.273 e. The van der Waals surface area contributed by atoms with Gasteiger partial charge in [0.15, 0.2) is 11.5 Å². The van der Waals surface area contributed by atoms with E-state index in [1.54, 1.807) is 14.2 Å². The van der Waals surface area contributed by atoms with E-state index >= 15 is 0 Å². The zero-order valence-corrected chi connectivity index (χ0v) is 22.1. The molecule has 0 radical (unpaired) electrons. The summed E-state index contributed by atoms with van der Waals surface area (Å²) in [5.74, 6) is 2.10. The van der Waals surface area contributed by atoms with E-state index in [9.17, 15) is 4.79 Å². The summed E-state index contributed by atoms with van der Waals surface area (Å²) < 4.78 is 16.9. The van der Waals surface area contributed by atoms with Crippen LogP contribution in [-0.2, 0) is 6.42 Å². The molecule has 0 fully saturated rings. The number of nitrogens with zero attached hydrogens (tertiary/aromatic N) is 2. The van der Waals surface area contributed by atoms with Crippen LogP contribution >= 0.6 is 0 Å². The molecule has 0 saturated heterocycles. The van der Waals surface area contributed by atoms with Gasteiger partial charge in [-0.1, -0.05) is 61.9 Å². The molecule has 196 valence electrons. The SMILES string of the molecule is CCCCOc1cccc(C2c3c(-c4ccccc4)n[nH]c3C(=O)N2CCc2ccc(OC)c(OC)c2)c1. The van der Waals surface area contributed by atoms with Gasteiger partial charge in [-0.05, 0) is 48.2 Å². The number of rotatable bonds is 11. The van der Waals surface area contributed by atoms with E-state index < -0.39 is 0 Å². The second-order valence-electron chi connectivity index (χ2n) is 9.34. The first-order chi connectivity index (χ1) is 18.6. The number of carbonyl (C=O) groups is 1. The molecule has 3 aromatic carbocycles. The number of methoxy groups -OCH3 is 2. The lowest BCUT2D eigenvalue weighted by Gasteiger charge is -2.27. The van der Waals surface area contributed by atoms with Crippen LogP contribution in [0.4, 0.5) is 0 Å². The number of carbonyl (C=O) groups excluding carboxylic acids is 1. The van der Waals surface area contributed by atoms with Crippen molar-refractivity contribution in [1.82, 2.24) is 15.1 Å². The Morgan fingerprint density at radius 2 is 1.76 bits per heavy atom. The molecule has 2 heterocycles. The molecule has 0 saturated carbocycles. The van der Waals surface area contributed by atoms with Crippen LogP contribution < -0.4 is 14.2 Å². The maximum absolute atomic E-state index is 13.7. The van der Waals surface area contributed by atoms with E-state index in [0.29, 0.717) is 36.8 Å². The Morgan fingerprint density at radius 1 is 0.947 bits per heavy atom. The number of aromatic amines is 1. The lowest BCUT2D eigenvalue weighted by molar-refractivity contribution is 0.0745. The number of fused-ring (bicyclic) bond motifs is 1. The van der Waals surface area contributed by atoms with Crippen molar-refractivity contribution in [1.29, 1.82) is 0 Å². The van der Waals surface area contributed by atoms with Gasteiger partial charge in [-0.2, -0.15) is 5.10 Å². The summed E-state index contributed by atoms with van der Waals surface area (Å²) in [6.07, 6.45) is 2.72. The van der Waals surface area contributed by atoms with Crippen LogP contribution in [0.2, 0.25) is 0 Å². The van der Waals surface area contributed by atoms with Gasteiger partial charge in [0.2, 0.25) is 0 Å². The minimum absolute atomic E-state index is 0.0579. The number of unbranched alkanes of at least 4 members (excludes halogenated alkanes) is 1. The Labute approximate surface area is 223 Å². The van der Waals surface area contributed by atoms with Crippen molar-refractivity contribution in [2.24, 2.45) is 0 Å². The molecule has 7 nitrogen and oxygen atoms in total. The summed E-state index contributed by atoms with van der Waals surface area (Å²) in [5, 5.41) is 7.62. The van der Waals surface area contributed by atoms with E-state index in [-0.39, 0.29) is 11.9 Å². The lowest BCUT2D eigenvalue weighted by atomic mass is 9.95. The van der Waals surface area contributed by atoms with Gasteiger partial charge < -0.3 is 19.1 Å². The van der Waals surface area contributed by atoms with Gasteiger partial charge in [0.05, 0.1) is 32.6 Å². The second kappa shape index (κ2) is 11.4. The lowest BCUT2D eigenvalue weighted by Crippen LogP contribution is -2.31. The number of ether oxygens (including phenoxy) is 3. The molecule has 7 heteroatoms. The maximum atomic E-state index is 13.7. The maximum Gasteiger partial charge on any atom is 0.273 e. The Morgan fingerprint density at radius 3 is 2.53 bits per heavy atom. The van der Waals surface area contributed by atoms with E-state index in [2.05, 4.69) is 23.2 Å². The van der Waals surface area contributed by atoms with Crippen molar-refractivity contribution in [2.45, 2.75) is 32.2 Å². The van der Waals surface area contributed by atoms with Gasteiger partial charge in [-0.15, -0.1) is 0 Å². The summed E-state index contributed by atoms with van der Waals surface area (Å²) in [4.78, 5) is 15.7. The van der Waals surface area contributed by atoms with Gasteiger partial charge in [-0.3, -0.25) is 9.89 Å². The highest BCUT2D eigenvalue weighted by atomic mass is 16.5. The molecule has 38 heavy (non-hydrogen) atoms. The fraction of sp³-hybridized carbons (Fsp3) is 0.290. The second-order valence-corrected chi connectivity index (χ2v) is 9.34. The number of H-pyrrole nitrogens is 1. The van der Waals surface area contributed by atoms with Crippen LogP contribution in [0.5, 0.6) is 17.2 Å². The Kier molecular flexibility index (Phi) is 7.63. The van der Waals surface area contributed by atoms with E-state index in [1.165, 1.54) is 0 Å². The molecule has 4 aromatic rings. The molecular formula is C31H33N3O4. The zero-order chi connectivity index (χ0) is 26.5. The van der Waals surface area contributed by atoms with Crippen LogP contribution in [0.25, 0.3) is 11.3 Å². The summed E-state index contributed by atoms with van der Waals surface area (Å²) in [7, 11) is 3.25. The third kappa shape index (κ3) is 4.96. The van der Waals surface area contributed by atoms with Crippen LogP contribution in [0.3, 0.4) is 0 Å². The average Bonchev–Trinajstić information content (AvgIpc) is 3.51. The normalized spacial score (nSPS) is 14.4. The highest BCUT2D eigenvalue weighted by Gasteiger charge is 2.42. The van der Waals surface area contributed by atoms with Crippen molar-refractivity contribution in [3.63, 3.8) is 0 Å². The Hall–Kier alpha value is -4.26. The summed E-state index contributed by atoms with van der Waals surface area (Å²) >= 11 is 0. The minimum Gasteiger partial charge on any atom is -0.494 e. The topological polar surface area (TPSA) is 76.7 Å². The number of aromatic nitrogens is 2. The molecule has 0 bridgehead atoms. The molecular weight excluding hydrogens is 478 g/mol. The molecule has 1 N–H and O–H groups in total. The highest BCUT2D eigenvalue weighted by Crippen LogP contribution is 2.43. The van der Waals surface area contributed by atoms with E-state index in [1.807, 2.05) is 71.6 Å².